The third-order valence-corrected chi connectivity index (χ3v) is 5.32. The van der Waals surface area contributed by atoms with Gasteiger partial charge in [0.15, 0.2) is 0 Å². The van der Waals surface area contributed by atoms with Gasteiger partial charge >= 0.3 is 0 Å². The fourth-order valence-electron chi connectivity index (χ4n) is 3.33. The minimum absolute atomic E-state index is 0.400. The molecule has 0 spiro atoms. The van der Waals surface area contributed by atoms with Gasteiger partial charge in [-0.15, -0.1) is 0 Å². The highest BCUT2D eigenvalue weighted by Crippen LogP contribution is 2.54. The molecular formula is C19H27N. The summed E-state index contributed by atoms with van der Waals surface area (Å²) in [6, 6.07) is 11.0. The van der Waals surface area contributed by atoms with E-state index in [9.17, 15) is 0 Å². The van der Waals surface area contributed by atoms with Crippen LogP contribution in [0.2, 0.25) is 0 Å². The van der Waals surface area contributed by atoms with Gasteiger partial charge in [0.2, 0.25) is 0 Å². The third kappa shape index (κ3) is 2.77. The second kappa shape index (κ2) is 5.27. The molecule has 2 saturated carbocycles. The molecule has 108 valence electrons. The molecule has 0 amide bonds. The molecule has 2 atom stereocenters. The molecule has 2 unspecified atom stereocenters. The van der Waals surface area contributed by atoms with Crippen LogP contribution in [0.25, 0.3) is 0 Å². The van der Waals surface area contributed by atoms with E-state index in [0.717, 1.165) is 18.3 Å². The summed E-state index contributed by atoms with van der Waals surface area (Å²) in [7, 11) is 0. The molecule has 0 saturated heterocycles. The van der Waals surface area contributed by atoms with E-state index in [1.807, 2.05) is 0 Å². The normalized spacial score (nSPS) is 28.2. The molecule has 0 N–H and O–H groups in total. The van der Waals surface area contributed by atoms with E-state index >= 15 is 0 Å². The first-order chi connectivity index (χ1) is 9.63. The predicted octanol–water partition coefficient (Wildman–Crippen LogP) is 4.60. The van der Waals surface area contributed by atoms with Gasteiger partial charge < -0.3 is 4.90 Å². The monoisotopic (exact) mass is 269 g/mol. The van der Waals surface area contributed by atoms with Crippen LogP contribution in [0, 0.1) is 11.8 Å². The summed E-state index contributed by atoms with van der Waals surface area (Å²) in [6.45, 7) is 11.4. The molecule has 20 heavy (non-hydrogen) atoms. The van der Waals surface area contributed by atoms with Gasteiger partial charge in [0, 0.05) is 18.8 Å². The van der Waals surface area contributed by atoms with Gasteiger partial charge in [0.05, 0.1) is 0 Å². The fourth-order valence-corrected chi connectivity index (χ4v) is 3.33. The van der Waals surface area contributed by atoms with Gasteiger partial charge in [-0.1, -0.05) is 50.8 Å². The maximum atomic E-state index is 4.28. The second-order valence-corrected chi connectivity index (χ2v) is 6.95. The van der Waals surface area contributed by atoms with Crippen molar-refractivity contribution in [2.75, 3.05) is 13.1 Å². The molecule has 2 aliphatic carbocycles. The molecule has 0 aromatic heterocycles. The van der Waals surface area contributed by atoms with E-state index in [-0.39, 0.29) is 0 Å². The Balaban J connectivity index is 1.64. The van der Waals surface area contributed by atoms with Crippen molar-refractivity contribution in [3.63, 3.8) is 0 Å². The maximum Gasteiger partial charge on any atom is 0.0212 e. The predicted molar refractivity (Wildman–Crippen MR) is 85.6 cm³/mol. The van der Waals surface area contributed by atoms with Crippen molar-refractivity contribution in [2.24, 2.45) is 11.8 Å². The van der Waals surface area contributed by atoms with Gasteiger partial charge in [-0.05, 0) is 48.5 Å². The lowest BCUT2D eigenvalue weighted by molar-refractivity contribution is 0.301. The van der Waals surface area contributed by atoms with Gasteiger partial charge in [-0.2, -0.15) is 0 Å². The maximum absolute atomic E-state index is 4.28. The van der Waals surface area contributed by atoms with Crippen molar-refractivity contribution >= 4 is 0 Å². The zero-order chi connectivity index (χ0) is 14.2. The van der Waals surface area contributed by atoms with Gasteiger partial charge in [0.25, 0.3) is 0 Å². The van der Waals surface area contributed by atoms with Gasteiger partial charge in [-0.3, -0.25) is 0 Å². The first kappa shape index (κ1) is 13.7. The Kier molecular flexibility index (Phi) is 3.62. The Hall–Kier alpha value is -1.24. The standard InChI is InChI=1S/C19H27N/c1-4-15(2)20(13-16-10-11-16)14-18-12-19(18,3)17-8-6-5-7-9-17/h5-9,16,18H,2,4,10-14H2,1,3H3. The van der Waals surface area contributed by atoms with E-state index < -0.39 is 0 Å². The lowest BCUT2D eigenvalue weighted by Crippen LogP contribution is -2.28. The van der Waals surface area contributed by atoms with E-state index in [1.165, 1.54) is 43.6 Å². The molecule has 2 fully saturated rings. The van der Waals surface area contributed by atoms with Crippen LogP contribution in [0.3, 0.4) is 0 Å². The third-order valence-electron chi connectivity index (χ3n) is 5.32. The molecule has 0 bridgehead atoms. The van der Waals surface area contributed by atoms with Crippen LogP contribution < -0.4 is 0 Å². The number of rotatable bonds is 7. The van der Waals surface area contributed by atoms with Crippen LogP contribution in [-0.2, 0) is 5.41 Å². The highest BCUT2D eigenvalue weighted by molar-refractivity contribution is 5.32. The highest BCUT2D eigenvalue weighted by atomic mass is 15.1. The highest BCUT2D eigenvalue weighted by Gasteiger charge is 2.51. The van der Waals surface area contributed by atoms with Crippen molar-refractivity contribution < 1.29 is 0 Å². The quantitative estimate of drug-likeness (QED) is 0.699. The SMILES string of the molecule is C=C(CC)N(CC1CC1)CC1CC1(C)c1ccccc1. The molecule has 2 aliphatic rings. The fraction of sp³-hybridized carbons (Fsp3) is 0.579. The summed E-state index contributed by atoms with van der Waals surface area (Å²) in [5, 5.41) is 0. The molecule has 1 aromatic carbocycles. The van der Waals surface area contributed by atoms with E-state index in [2.05, 4.69) is 55.7 Å². The Bertz CT molecular complexity index is 474. The summed E-state index contributed by atoms with van der Waals surface area (Å²) >= 11 is 0. The molecule has 0 aliphatic heterocycles. The van der Waals surface area contributed by atoms with Crippen LogP contribution in [-0.4, -0.2) is 18.0 Å². The van der Waals surface area contributed by atoms with Crippen molar-refractivity contribution in [1.29, 1.82) is 0 Å². The number of allylic oxidation sites excluding steroid dienone is 1. The zero-order valence-electron chi connectivity index (χ0n) is 12.9. The summed E-state index contributed by atoms with van der Waals surface area (Å²) in [5.41, 5.74) is 3.24. The lowest BCUT2D eigenvalue weighted by atomic mass is 9.95. The average molecular weight is 269 g/mol. The number of benzene rings is 1. The Morgan fingerprint density at radius 3 is 2.55 bits per heavy atom. The number of hydrogen-bond donors (Lipinski definition) is 0. The summed E-state index contributed by atoms with van der Waals surface area (Å²) < 4.78 is 0. The lowest BCUT2D eigenvalue weighted by Gasteiger charge is -2.27. The van der Waals surface area contributed by atoms with Crippen LogP contribution in [0.15, 0.2) is 42.6 Å². The van der Waals surface area contributed by atoms with Gasteiger partial charge in [0.1, 0.15) is 0 Å². The van der Waals surface area contributed by atoms with Gasteiger partial charge in [-0.25, -0.2) is 0 Å². The smallest absolute Gasteiger partial charge is 0.0212 e. The summed E-state index contributed by atoms with van der Waals surface area (Å²) in [4.78, 5) is 2.58. The topological polar surface area (TPSA) is 3.24 Å². The number of nitrogens with zero attached hydrogens (tertiary/aromatic N) is 1. The summed E-state index contributed by atoms with van der Waals surface area (Å²) in [5.74, 6) is 1.74. The van der Waals surface area contributed by atoms with E-state index in [4.69, 9.17) is 0 Å². The second-order valence-electron chi connectivity index (χ2n) is 6.95. The Morgan fingerprint density at radius 1 is 1.25 bits per heavy atom. The van der Waals surface area contributed by atoms with E-state index in [0.29, 0.717) is 5.41 Å². The molecule has 3 rings (SSSR count). The van der Waals surface area contributed by atoms with Crippen LogP contribution in [0.4, 0.5) is 0 Å². The zero-order valence-corrected chi connectivity index (χ0v) is 12.9. The molecule has 1 aromatic rings. The molecule has 0 heterocycles. The average Bonchev–Trinajstić information content (AvgIpc) is 3.38. The van der Waals surface area contributed by atoms with Crippen molar-refractivity contribution in [2.45, 2.75) is 44.9 Å². The van der Waals surface area contributed by atoms with Crippen LogP contribution in [0.5, 0.6) is 0 Å². The largest absolute Gasteiger partial charge is 0.375 e. The van der Waals surface area contributed by atoms with Crippen molar-refractivity contribution in [1.82, 2.24) is 4.90 Å². The first-order valence-electron chi connectivity index (χ1n) is 8.11. The minimum atomic E-state index is 0.400. The Labute approximate surface area is 123 Å². The van der Waals surface area contributed by atoms with Crippen molar-refractivity contribution in [3.05, 3.63) is 48.2 Å². The van der Waals surface area contributed by atoms with E-state index in [1.54, 1.807) is 0 Å². The Morgan fingerprint density at radius 2 is 1.95 bits per heavy atom. The van der Waals surface area contributed by atoms with Crippen LogP contribution >= 0.6 is 0 Å². The van der Waals surface area contributed by atoms with Crippen molar-refractivity contribution in [3.8, 4) is 0 Å². The van der Waals surface area contributed by atoms with Crippen LogP contribution in [0.1, 0.15) is 45.1 Å². The first-order valence-corrected chi connectivity index (χ1v) is 8.11. The molecule has 1 nitrogen and oxygen atoms in total. The molecule has 0 radical (unpaired) electrons. The molecular weight excluding hydrogens is 242 g/mol. The number of hydrogen-bond acceptors (Lipinski definition) is 1. The molecule has 1 heteroatoms. The minimum Gasteiger partial charge on any atom is -0.375 e. The summed E-state index contributed by atoms with van der Waals surface area (Å²) in [6.07, 6.45) is 5.26.